The van der Waals surface area contributed by atoms with E-state index in [-0.39, 0.29) is 0 Å². The Morgan fingerprint density at radius 3 is 2.38 bits per heavy atom. The number of nitrogens with zero attached hydrogens (tertiary/aromatic N) is 1. The Bertz CT molecular complexity index is 1350. The van der Waals surface area contributed by atoms with Crippen molar-refractivity contribution in [2.75, 3.05) is 0 Å². The summed E-state index contributed by atoms with van der Waals surface area (Å²) < 4.78 is 8.92. The van der Waals surface area contributed by atoms with Gasteiger partial charge in [0.05, 0.1) is 13.6 Å². The number of benzene rings is 3. The monoisotopic (exact) mass is 398 g/mol. The molecule has 4 aromatic rings. The lowest BCUT2D eigenvalue weighted by Crippen LogP contribution is -2.41. The van der Waals surface area contributed by atoms with Crippen molar-refractivity contribution < 1.29 is 9.30 Å². The predicted octanol–water partition coefficient (Wildman–Crippen LogP) is 6.06. The smallest absolute Gasteiger partial charge is 0.256 e. The number of rotatable bonds is 1. The van der Waals surface area contributed by atoms with Gasteiger partial charge in [0.15, 0.2) is 5.75 Å². The molecule has 2 nitrogen and oxygen atoms in total. The van der Waals surface area contributed by atoms with Crippen LogP contribution in [0.4, 0.5) is 0 Å². The van der Waals surface area contributed by atoms with Crippen molar-refractivity contribution in [3.63, 3.8) is 0 Å². The van der Waals surface area contributed by atoms with Crippen LogP contribution in [0.25, 0.3) is 32.9 Å². The van der Waals surface area contributed by atoms with Gasteiger partial charge in [0, 0.05) is 22.9 Å². The number of hydrogen-bond acceptors (Lipinski definition) is 1. The standard InChI is InChI=1S/C26H28NOSi/c1-15-11-18-13-16(2)17(3)24-25(18)21(12-15)28-22-14-19-20(27(4)26(22)24)9-8-10-23(19)29(5,6)7/h8-14H,1-7H3/q+1. The van der Waals surface area contributed by atoms with Gasteiger partial charge in [0.25, 0.3) is 5.69 Å². The van der Waals surface area contributed by atoms with E-state index in [1.54, 1.807) is 0 Å². The molecule has 2 heterocycles. The number of hydrogen-bond donors (Lipinski definition) is 0. The van der Waals surface area contributed by atoms with E-state index < -0.39 is 8.07 Å². The van der Waals surface area contributed by atoms with Crippen LogP contribution in [0.2, 0.25) is 19.6 Å². The van der Waals surface area contributed by atoms with Crippen molar-refractivity contribution in [3.8, 4) is 22.8 Å². The zero-order valence-electron chi connectivity index (χ0n) is 18.4. The van der Waals surface area contributed by atoms with E-state index in [0.717, 1.165) is 11.5 Å². The molecule has 0 aliphatic carbocycles. The highest BCUT2D eigenvalue weighted by atomic mass is 28.3. The van der Waals surface area contributed by atoms with Crippen LogP contribution >= 0.6 is 0 Å². The lowest BCUT2D eigenvalue weighted by molar-refractivity contribution is -0.633. The molecule has 0 fully saturated rings. The normalized spacial score (nSPS) is 12.9. The molecule has 0 saturated carbocycles. The summed E-state index contributed by atoms with van der Waals surface area (Å²) in [5, 5.41) is 5.31. The van der Waals surface area contributed by atoms with E-state index in [4.69, 9.17) is 4.74 Å². The Hall–Kier alpha value is -2.65. The first-order valence-electron chi connectivity index (χ1n) is 10.4. The first-order chi connectivity index (χ1) is 13.7. The summed E-state index contributed by atoms with van der Waals surface area (Å²) in [4.78, 5) is 0. The molecule has 1 aliphatic heterocycles. The summed E-state index contributed by atoms with van der Waals surface area (Å²) in [5.74, 6) is 1.95. The topological polar surface area (TPSA) is 13.1 Å². The molecule has 146 valence electrons. The van der Waals surface area contributed by atoms with Crippen molar-refractivity contribution in [1.82, 2.24) is 0 Å². The van der Waals surface area contributed by atoms with Crippen LogP contribution < -0.4 is 14.5 Å². The van der Waals surface area contributed by atoms with E-state index in [1.807, 2.05) is 0 Å². The molecule has 0 radical (unpaired) electrons. The van der Waals surface area contributed by atoms with Gasteiger partial charge in [-0.25, -0.2) is 0 Å². The van der Waals surface area contributed by atoms with Crippen LogP contribution in [0.3, 0.4) is 0 Å². The molecular formula is C26H28NOSi+. The van der Waals surface area contributed by atoms with Gasteiger partial charge in [-0.15, -0.1) is 0 Å². The molecule has 1 aromatic heterocycles. The Labute approximate surface area is 173 Å². The van der Waals surface area contributed by atoms with Gasteiger partial charge in [-0.3, -0.25) is 0 Å². The minimum Gasteiger partial charge on any atom is -0.450 e. The van der Waals surface area contributed by atoms with Gasteiger partial charge < -0.3 is 4.74 Å². The second kappa shape index (κ2) is 5.93. The second-order valence-electron chi connectivity index (χ2n) is 9.56. The van der Waals surface area contributed by atoms with Crippen molar-refractivity contribution >= 4 is 34.9 Å². The molecule has 3 aromatic carbocycles. The fourth-order valence-corrected chi connectivity index (χ4v) is 6.49. The molecule has 0 atom stereocenters. The van der Waals surface area contributed by atoms with E-state index >= 15 is 0 Å². The highest BCUT2D eigenvalue weighted by Gasteiger charge is 2.33. The quantitative estimate of drug-likeness (QED) is 0.247. The molecule has 0 bridgehead atoms. The molecule has 0 unspecified atom stereocenters. The van der Waals surface area contributed by atoms with Crippen LogP contribution in [-0.4, -0.2) is 8.07 Å². The zero-order valence-corrected chi connectivity index (χ0v) is 19.4. The number of pyridine rings is 1. The van der Waals surface area contributed by atoms with Gasteiger partial charge in [-0.2, -0.15) is 4.57 Å². The van der Waals surface area contributed by atoms with Crippen molar-refractivity contribution in [1.29, 1.82) is 0 Å². The molecule has 0 amide bonds. The van der Waals surface area contributed by atoms with Gasteiger partial charge in [-0.1, -0.05) is 43.9 Å². The number of fused-ring (bicyclic) bond motifs is 3. The third-order valence-corrected chi connectivity index (χ3v) is 8.47. The molecule has 0 N–H and O–H groups in total. The molecule has 0 saturated heterocycles. The maximum absolute atomic E-state index is 6.58. The van der Waals surface area contributed by atoms with Gasteiger partial charge in [-0.05, 0) is 54.1 Å². The number of aromatic nitrogens is 1. The van der Waals surface area contributed by atoms with E-state index in [2.05, 4.69) is 94.5 Å². The van der Waals surface area contributed by atoms with Gasteiger partial charge in [0.2, 0.25) is 5.52 Å². The maximum atomic E-state index is 6.58. The van der Waals surface area contributed by atoms with Gasteiger partial charge >= 0.3 is 0 Å². The van der Waals surface area contributed by atoms with Crippen LogP contribution in [0.15, 0.2) is 42.5 Å². The number of ether oxygens (including phenoxy) is 1. The van der Waals surface area contributed by atoms with Crippen LogP contribution in [0.5, 0.6) is 11.5 Å². The summed E-state index contributed by atoms with van der Waals surface area (Å²) in [5.41, 5.74) is 7.68. The summed E-state index contributed by atoms with van der Waals surface area (Å²) in [6, 6.07) is 15.8. The zero-order chi connectivity index (χ0) is 20.7. The first-order valence-corrected chi connectivity index (χ1v) is 13.9. The Balaban J connectivity index is 1.97. The average Bonchev–Trinajstić information content (AvgIpc) is 2.63. The predicted molar refractivity (Wildman–Crippen MR) is 125 cm³/mol. The van der Waals surface area contributed by atoms with Crippen LogP contribution in [0, 0.1) is 20.8 Å². The fraction of sp³-hybridized carbons (Fsp3) is 0.269. The SMILES string of the molecule is Cc1cc2c3c(c(C)c(C)cc3c1)-c1c(cc3c([Si](C)(C)C)cccc3[n+]1C)O2. The van der Waals surface area contributed by atoms with Gasteiger partial charge in [0.1, 0.15) is 12.8 Å². The molecule has 29 heavy (non-hydrogen) atoms. The maximum Gasteiger partial charge on any atom is 0.256 e. The highest BCUT2D eigenvalue weighted by Crippen LogP contribution is 2.48. The van der Waals surface area contributed by atoms with Crippen LogP contribution in [-0.2, 0) is 7.05 Å². The molecule has 1 aliphatic rings. The summed E-state index contributed by atoms with van der Waals surface area (Å²) in [6.45, 7) is 13.8. The molecule has 3 heteroatoms. The molecule has 5 rings (SSSR count). The molecule has 0 spiro atoms. The minimum absolute atomic E-state index is 0.971. The second-order valence-corrected chi connectivity index (χ2v) is 14.6. The third-order valence-electron chi connectivity index (χ3n) is 6.42. The van der Waals surface area contributed by atoms with E-state index in [9.17, 15) is 0 Å². The Kier molecular flexibility index (Phi) is 3.76. The first kappa shape index (κ1) is 18.4. The van der Waals surface area contributed by atoms with Crippen molar-refractivity contribution in [2.45, 2.75) is 40.4 Å². The average molecular weight is 399 g/mol. The third kappa shape index (κ3) is 2.57. The lowest BCUT2D eigenvalue weighted by Gasteiger charge is -2.24. The summed E-state index contributed by atoms with van der Waals surface area (Å²) in [7, 11) is 0.702. The van der Waals surface area contributed by atoms with E-state index in [0.29, 0.717) is 0 Å². The lowest BCUT2D eigenvalue weighted by atomic mass is 9.89. The van der Waals surface area contributed by atoms with Crippen LogP contribution in [0.1, 0.15) is 16.7 Å². The van der Waals surface area contributed by atoms with E-state index in [1.165, 1.54) is 54.8 Å². The largest absolute Gasteiger partial charge is 0.450 e. The fourth-order valence-electron chi connectivity index (χ4n) is 4.89. The van der Waals surface area contributed by atoms with Crippen molar-refractivity contribution in [2.24, 2.45) is 7.05 Å². The molecular weight excluding hydrogens is 370 g/mol. The minimum atomic E-state index is -1.48. The summed E-state index contributed by atoms with van der Waals surface area (Å²) in [6.07, 6.45) is 0. The highest BCUT2D eigenvalue weighted by molar-refractivity contribution is 6.90. The Morgan fingerprint density at radius 2 is 1.66 bits per heavy atom. The number of aryl methyl sites for hydroxylation is 3. The Morgan fingerprint density at radius 1 is 0.897 bits per heavy atom. The van der Waals surface area contributed by atoms with Crippen molar-refractivity contribution in [3.05, 3.63) is 59.2 Å². The summed E-state index contributed by atoms with van der Waals surface area (Å²) >= 11 is 0.